The Labute approximate surface area is 217 Å². The maximum atomic E-state index is 13.2. The number of hydrogen-bond donors (Lipinski definition) is 0. The van der Waals surface area contributed by atoms with E-state index in [0.717, 1.165) is 32.2 Å². The highest BCUT2D eigenvalue weighted by Gasteiger charge is 2.32. The Morgan fingerprint density at radius 1 is 1.23 bits per heavy atom. The minimum absolute atomic E-state index is 0.0633. The molecule has 0 unspecified atom stereocenters. The molecular weight excluding hydrogens is 559 g/mol. The van der Waals surface area contributed by atoms with E-state index < -0.39 is 23.2 Å². The van der Waals surface area contributed by atoms with Gasteiger partial charge in [-0.05, 0) is 117 Å². The van der Waals surface area contributed by atoms with Gasteiger partial charge in [-0.3, -0.25) is 19.2 Å². The number of benzene rings is 1. The van der Waals surface area contributed by atoms with Crippen LogP contribution in [0.1, 0.15) is 57.6 Å². The fraction of sp³-hybridized carbons (Fsp3) is 0.385. The molecule has 2 aromatic heterocycles. The van der Waals surface area contributed by atoms with Crippen LogP contribution < -0.4 is 10.5 Å². The van der Waals surface area contributed by atoms with Crippen LogP contribution >= 0.6 is 22.6 Å². The highest BCUT2D eigenvalue weighted by molar-refractivity contribution is 14.1. The third kappa shape index (κ3) is 4.85. The van der Waals surface area contributed by atoms with Crippen LogP contribution in [0.3, 0.4) is 0 Å². The zero-order chi connectivity index (χ0) is 25.7. The lowest BCUT2D eigenvalue weighted by atomic mass is 10.0. The minimum Gasteiger partial charge on any atom is -0.442 e. The summed E-state index contributed by atoms with van der Waals surface area (Å²) >= 11 is 2.30. The van der Waals surface area contributed by atoms with E-state index in [-0.39, 0.29) is 11.3 Å². The number of anilines is 2. The van der Waals surface area contributed by atoms with Crippen molar-refractivity contribution in [3.8, 4) is 11.8 Å². The smallest absolute Gasteiger partial charge is 0.437 e. The second-order valence-corrected chi connectivity index (χ2v) is 10.8. The van der Waals surface area contributed by atoms with Gasteiger partial charge in [0.2, 0.25) is 0 Å². The van der Waals surface area contributed by atoms with Gasteiger partial charge in [-0.15, -0.1) is 4.68 Å². The molecule has 1 saturated carbocycles. The minimum atomic E-state index is -0.793. The van der Waals surface area contributed by atoms with Crippen LogP contribution in [-0.2, 0) is 16.6 Å². The number of halogens is 1. The van der Waals surface area contributed by atoms with Crippen molar-refractivity contribution in [3.63, 3.8) is 0 Å². The van der Waals surface area contributed by atoms with Crippen LogP contribution in [0.25, 0.3) is 11.0 Å². The van der Waals surface area contributed by atoms with Crippen LogP contribution in [0.15, 0.2) is 29.1 Å². The number of aryl methyl sites for hydroxylation is 2. The highest BCUT2D eigenvalue weighted by Crippen LogP contribution is 2.46. The van der Waals surface area contributed by atoms with E-state index in [1.54, 1.807) is 46.9 Å². The van der Waals surface area contributed by atoms with Crippen LogP contribution in [0, 0.1) is 22.3 Å². The topological polar surface area (TPSA) is 86.4 Å². The van der Waals surface area contributed by atoms with Gasteiger partial charge in [0.25, 0.3) is 0 Å². The molecule has 182 valence electrons. The van der Waals surface area contributed by atoms with Gasteiger partial charge >= 0.3 is 17.6 Å². The van der Waals surface area contributed by atoms with Crippen molar-refractivity contribution in [2.24, 2.45) is 7.05 Å². The van der Waals surface area contributed by atoms with Gasteiger partial charge in [0.05, 0.1) is 11.2 Å². The monoisotopic (exact) mass is 586 g/mol. The molecule has 1 amide bonds. The van der Waals surface area contributed by atoms with E-state index in [4.69, 9.17) is 4.74 Å². The van der Waals surface area contributed by atoms with E-state index in [2.05, 4.69) is 45.5 Å². The Morgan fingerprint density at radius 2 is 1.91 bits per heavy atom. The van der Waals surface area contributed by atoms with Gasteiger partial charge in [0.1, 0.15) is 11.4 Å². The number of carbonyl (C=O) groups is 2. The Morgan fingerprint density at radius 3 is 2.51 bits per heavy atom. The molecule has 0 spiro atoms. The first-order chi connectivity index (χ1) is 16.4. The van der Waals surface area contributed by atoms with Crippen molar-refractivity contribution in [2.45, 2.75) is 59.0 Å². The van der Waals surface area contributed by atoms with Crippen LogP contribution in [0.5, 0.6) is 0 Å². The molecule has 8 nitrogen and oxygen atoms in total. The molecule has 1 aliphatic carbocycles. The summed E-state index contributed by atoms with van der Waals surface area (Å²) in [5, 5.41) is 0. The summed E-state index contributed by atoms with van der Waals surface area (Å²) < 4.78 is 8.84. The van der Waals surface area contributed by atoms with E-state index in [9.17, 15) is 14.4 Å². The van der Waals surface area contributed by atoms with E-state index in [1.807, 2.05) is 13.0 Å². The zero-order valence-electron chi connectivity index (χ0n) is 20.6. The number of aromatic nitrogens is 3. The number of amides is 1. The number of pyridine rings is 1. The molecule has 4 rings (SSSR count). The Hall–Kier alpha value is -3.13. The van der Waals surface area contributed by atoms with Crippen LogP contribution in [0.2, 0.25) is 0 Å². The molecule has 1 aromatic carbocycles. The number of rotatable bonds is 3. The molecular formula is C26H27IN4O4. The second-order valence-electron chi connectivity index (χ2n) is 9.61. The fourth-order valence-electron chi connectivity index (χ4n) is 3.94. The summed E-state index contributed by atoms with van der Waals surface area (Å²) in [4.78, 5) is 45.2. The first-order valence-electron chi connectivity index (χ1n) is 11.3. The third-order valence-corrected chi connectivity index (χ3v) is 6.86. The molecule has 3 aromatic rings. The van der Waals surface area contributed by atoms with Gasteiger partial charge in [-0.2, -0.15) is 0 Å². The summed E-state index contributed by atoms with van der Waals surface area (Å²) in [5.74, 6) is 5.49. The van der Waals surface area contributed by atoms with Gasteiger partial charge in [0.15, 0.2) is 5.52 Å². The number of carbonyl (C=O) groups excluding carboxylic acids is 2. The summed E-state index contributed by atoms with van der Waals surface area (Å²) in [6, 6.07) is 7.43. The molecule has 1 aliphatic rings. The quantitative estimate of drug-likeness (QED) is 0.319. The Kier molecular flexibility index (Phi) is 6.53. The number of fused-ring (bicyclic) bond motifs is 1. The number of nitrogens with zero attached hydrogens (tertiary/aromatic N) is 4. The van der Waals surface area contributed by atoms with Crippen molar-refractivity contribution in [1.82, 2.24) is 14.3 Å². The molecule has 35 heavy (non-hydrogen) atoms. The molecule has 0 bridgehead atoms. The largest absolute Gasteiger partial charge is 0.442 e. The average Bonchev–Trinajstić information content (AvgIpc) is 3.56. The van der Waals surface area contributed by atoms with Crippen LogP contribution in [-0.4, -0.2) is 31.9 Å². The van der Waals surface area contributed by atoms with Crippen molar-refractivity contribution in [2.75, 3.05) is 4.90 Å². The van der Waals surface area contributed by atoms with Gasteiger partial charge in [-0.1, -0.05) is 5.92 Å². The first-order valence-corrected chi connectivity index (χ1v) is 12.4. The third-order valence-electron chi connectivity index (χ3n) is 5.70. The maximum absolute atomic E-state index is 13.2. The van der Waals surface area contributed by atoms with Crippen molar-refractivity contribution < 1.29 is 14.3 Å². The molecule has 2 heterocycles. The maximum Gasteiger partial charge on any atom is 0.437 e. The number of ether oxygens (including phenoxy) is 1. The summed E-state index contributed by atoms with van der Waals surface area (Å²) in [7, 11) is 1.59. The van der Waals surface area contributed by atoms with E-state index >= 15 is 0 Å². The average molecular weight is 586 g/mol. The summed E-state index contributed by atoms with van der Waals surface area (Å²) in [6.07, 6.45) is 1.32. The highest BCUT2D eigenvalue weighted by atomic mass is 127. The molecule has 0 radical (unpaired) electrons. The fourth-order valence-corrected chi connectivity index (χ4v) is 4.43. The molecule has 9 heteroatoms. The van der Waals surface area contributed by atoms with E-state index in [1.165, 1.54) is 9.58 Å². The lowest BCUT2D eigenvalue weighted by Crippen LogP contribution is -2.35. The van der Waals surface area contributed by atoms with Crippen LogP contribution in [0.4, 0.5) is 16.3 Å². The Bertz CT molecular complexity index is 1480. The summed E-state index contributed by atoms with van der Waals surface area (Å²) in [6.45, 7) is 8.78. The lowest BCUT2D eigenvalue weighted by molar-refractivity contribution is -0.112. The Balaban J connectivity index is 1.91. The van der Waals surface area contributed by atoms with E-state index in [0.29, 0.717) is 17.1 Å². The predicted molar refractivity (Wildman–Crippen MR) is 143 cm³/mol. The first kappa shape index (κ1) is 25.0. The SMILES string of the molecule is CC#CC(=O)N(c1ccc2c(n1)c(=O)n(C(=O)OC(C)(C)C)n2C)c1cc(C)c(I)cc1C1CC1. The molecule has 0 N–H and O–H groups in total. The molecule has 0 aliphatic heterocycles. The van der Waals surface area contributed by atoms with Gasteiger partial charge in [0, 0.05) is 10.6 Å². The second kappa shape index (κ2) is 9.15. The van der Waals surface area contributed by atoms with Gasteiger partial charge < -0.3 is 4.74 Å². The zero-order valence-corrected chi connectivity index (χ0v) is 22.8. The number of hydrogen-bond acceptors (Lipinski definition) is 5. The molecule has 0 atom stereocenters. The standard InChI is InChI=1S/C26H27IN4O4/c1-7-8-22(32)30(20-13-15(2)18(27)14-17(20)16-9-10-16)21-12-11-19-23(28-21)24(33)31(29(19)6)25(34)35-26(3,4)5/h11-14,16H,9-10H2,1-6H3. The summed E-state index contributed by atoms with van der Waals surface area (Å²) in [5.41, 5.74) is 1.93. The van der Waals surface area contributed by atoms with Crippen molar-refractivity contribution in [3.05, 3.63) is 49.3 Å². The van der Waals surface area contributed by atoms with Crippen molar-refractivity contribution >= 4 is 57.1 Å². The molecule has 1 fully saturated rings. The lowest BCUT2D eigenvalue weighted by Gasteiger charge is -2.23. The predicted octanol–water partition coefficient (Wildman–Crippen LogP) is 5.00. The van der Waals surface area contributed by atoms with Gasteiger partial charge in [-0.25, -0.2) is 9.78 Å². The normalized spacial score (nSPS) is 13.3. The van der Waals surface area contributed by atoms with Crippen molar-refractivity contribution in [1.29, 1.82) is 0 Å². The molecule has 0 saturated heterocycles.